The molecule has 0 fully saturated rings. The Morgan fingerprint density at radius 3 is 2.84 bits per heavy atom. The Balaban J connectivity index is 2.24. The van der Waals surface area contributed by atoms with Crippen molar-refractivity contribution in [1.82, 2.24) is 10.3 Å². The lowest BCUT2D eigenvalue weighted by Gasteiger charge is -2.14. The number of aromatic nitrogens is 1. The largest absolute Gasteiger partial charge is 0.465 e. The van der Waals surface area contributed by atoms with E-state index in [4.69, 9.17) is 0 Å². The smallest absolute Gasteiger partial charge is 0.329 e. The first-order valence-corrected chi connectivity index (χ1v) is 5.96. The number of rotatable bonds is 5. The number of nitrogens with one attached hydrogen (secondary N) is 1. The van der Waals surface area contributed by atoms with Gasteiger partial charge in [0.05, 0.1) is 6.61 Å². The van der Waals surface area contributed by atoms with Gasteiger partial charge in [-0.15, -0.1) is 8.96 Å². The highest BCUT2D eigenvalue weighted by molar-refractivity contribution is 5.84. The van der Waals surface area contributed by atoms with Gasteiger partial charge in [0.2, 0.25) is 0 Å². The van der Waals surface area contributed by atoms with Crippen molar-refractivity contribution in [3.8, 4) is 0 Å². The zero-order valence-electron chi connectivity index (χ0n) is 10.4. The summed E-state index contributed by atoms with van der Waals surface area (Å²) in [6.07, 6.45) is 1.54. The van der Waals surface area contributed by atoms with Crippen LogP contribution in [0.4, 0.5) is 8.96 Å². The van der Waals surface area contributed by atoms with Gasteiger partial charge < -0.3 is 9.72 Å². The minimum absolute atomic E-state index is 0.0804. The van der Waals surface area contributed by atoms with E-state index >= 15 is 0 Å². The number of halogens is 2. The number of fused-ring (bicyclic) bond motifs is 1. The Kier molecular flexibility index (Phi) is 4.11. The predicted molar refractivity (Wildman–Crippen MR) is 66.5 cm³/mol. The van der Waals surface area contributed by atoms with Gasteiger partial charge in [-0.2, -0.15) is 0 Å². The number of aromatic amines is 1. The molecule has 19 heavy (non-hydrogen) atoms. The molecular weight excluding hydrogens is 254 g/mol. The molecule has 2 aromatic rings. The SMILES string of the molecule is CCOC(=O)[C@H](Cc1c[nH]c2ccccc12)N(F)F. The van der Waals surface area contributed by atoms with Crippen molar-refractivity contribution in [1.29, 1.82) is 0 Å². The lowest BCUT2D eigenvalue weighted by Crippen LogP contribution is -2.34. The number of para-hydroxylation sites is 1. The van der Waals surface area contributed by atoms with Gasteiger partial charge >= 0.3 is 5.97 Å². The summed E-state index contributed by atoms with van der Waals surface area (Å²) in [5.74, 6) is -0.919. The molecule has 0 saturated heterocycles. The molecule has 6 heteroatoms. The topological polar surface area (TPSA) is 45.3 Å². The minimum atomic E-state index is -1.58. The zero-order valence-corrected chi connectivity index (χ0v) is 10.4. The van der Waals surface area contributed by atoms with E-state index in [1.54, 1.807) is 13.1 Å². The van der Waals surface area contributed by atoms with Crippen molar-refractivity contribution in [2.75, 3.05) is 6.61 Å². The summed E-state index contributed by atoms with van der Waals surface area (Å²) in [7, 11) is 0. The second-order valence-corrected chi connectivity index (χ2v) is 4.09. The molecule has 0 radical (unpaired) electrons. The third-order valence-electron chi connectivity index (χ3n) is 2.88. The molecule has 1 aromatic heterocycles. The lowest BCUT2D eigenvalue weighted by atomic mass is 10.1. The zero-order chi connectivity index (χ0) is 13.8. The quantitative estimate of drug-likeness (QED) is 0.670. The van der Waals surface area contributed by atoms with Crippen LogP contribution in [0.3, 0.4) is 0 Å². The van der Waals surface area contributed by atoms with Crippen LogP contribution < -0.4 is 0 Å². The van der Waals surface area contributed by atoms with E-state index in [2.05, 4.69) is 9.72 Å². The number of hydrogen-bond donors (Lipinski definition) is 1. The molecule has 4 nitrogen and oxygen atoms in total. The average molecular weight is 268 g/mol. The first-order valence-electron chi connectivity index (χ1n) is 5.96. The molecule has 0 bridgehead atoms. The number of H-pyrrole nitrogens is 1. The van der Waals surface area contributed by atoms with Gasteiger partial charge in [0.15, 0.2) is 6.04 Å². The maximum absolute atomic E-state index is 12.8. The van der Waals surface area contributed by atoms with Gasteiger partial charge in [-0.1, -0.05) is 18.2 Å². The van der Waals surface area contributed by atoms with Gasteiger partial charge in [-0.3, -0.25) is 4.79 Å². The van der Waals surface area contributed by atoms with Gasteiger partial charge in [0, 0.05) is 28.9 Å². The van der Waals surface area contributed by atoms with Gasteiger partial charge in [0.1, 0.15) is 0 Å². The van der Waals surface area contributed by atoms with Crippen molar-refractivity contribution in [3.63, 3.8) is 0 Å². The number of hydrogen-bond acceptors (Lipinski definition) is 3. The van der Waals surface area contributed by atoms with E-state index in [0.29, 0.717) is 5.56 Å². The summed E-state index contributed by atoms with van der Waals surface area (Å²) in [5, 5.41) is -0.265. The molecule has 0 aliphatic heterocycles. The minimum Gasteiger partial charge on any atom is -0.465 e. The summed E-state index contributed by atoms with van der Waals surface area (Å²) >= 11 is 0. The Morgan fingerprint density at radius 1 is 1.42 bits per heavy atom. The average Bonchev–Trinajstić information content (AvgIpc) is 2.79. The van der Waals surface area contributed by atoms with E-state index in [9.17, 15) is 13.8 Å². The van der Waals surface area contributed by atoms with E-state index in [1.807, 2.05) is 24.3 Å². The second-order valence-electron chi connectivity index (χ2n) is 4.09. The van der Waals surface area contributed by atoms with Crippen LogP contribution in [0.25, 0.3) is 10.9 Å². The molecule has 1 aromatic carbocycles. The van der Waals surface area contributed by atoms with Crippen molar-refractivity contribution in [2.45, 2.75) is 19.4 Å². The maximum atomic E-state index is 12.8. The van der Waals surface area contributed by atoms with Crippen LogP contribution in [0.1, 0.15) is 12.5 Å². The fraction of sp³-hybridized carbons (Fsp3) is 0.308. The van der Waals surface area contributed by atoms with Crippen molar-refractivity contribution in [3.05, 3.63) is 36.0 Å². The number of esters is 1. The monoisotopic (exact) mass is 268 g/mol. The maximum Gasteiger partial charge on any atom is 0.329 e. The highest BCUT2D eigenvalue weighted by Crippen LogP contribution is 2.21. The highest BCUT2D eigenvalue weighted by Gasteiger charge is 2.29. The summed E-state index contributed by atoms with van der Waals surface area (Å²) in [6.45, 7) is 1.67. The number of benzene rings is 1. The summed E-state index contributed by atoms with van der Waals surface area (Å²) < 4.78 is 30.2. The summed E-state index contributed by atoms with van der Waals surface area (Å²) in [4.78, 5) is 14.5. The fourth-order valence-corrected chi connectivity index (χ4v) is 1.98. The van der Waals surface area contributed by atoms with Crippen LogP contribution >= 0.6 is 0 Å². The standard InChI is InChI=1S/C13H14F2N2O2/c1-2-19-13(18)12(17(14)15)7-9-8-16-11-6-4-3-5-10(9)11/h3-6,8,12,16H,2,7H2,1H3/t12-/m0/s1. The number of carbonyl (C=O) groups excluding carboxylic acids is 1. The van der Waals surface area contributed by atoms with Gasteiger partial charge in [-0.05, 0) is 18.6 Å². The van der Waals surface area contributed by atoms with Crippen LogP contribution in [0.5, 0.6) is 0 Å². The molecule has 1 N–H and O–H groups in total. The predicted octanol–water partition coefficient (Wildman–Crippen LogP) is 2.71. The van der Waals surface area contributed by atoms with Crippen LogP contribution in [-0.2, 0) is 16.0 Å². The third kappa shape index (κ3) is 2.90. The van der Waals surface area contributed by atoms with E-state index in [1.165, 1.54) is 0 Å². The third-order valence-corrected chi connectivity index (χ3v) is 2.88. The molecule has 0 aliphatic carbocycles. The van der Waals surface area contributed by atoms with Crippen molar-refractivity contribution < 1.29 is 18.5 Å². The Bertz CT molecular complexity index is 569. The molecule has 0 spiro atoms. The molecule has 2 rings (SSSR count). The van der Waals surface area contributed by atoms with Crippen LogP contribution in [0.15, 0.2) is 30.5 Å². The van der Waals surface area contributed by atoms with Gasteiger partial charge in [-0.25, -0.2) is 0 Å². The number of ether oxygens (including phenoxy) is 1. The molecule has 1 heterocycles. The van der Waals surface area contributed by atoms with Crippen LogP contribution in [0, 0.1) is 0 Å². The number of carbonyl (C=O) groups is 1. The van der Waals surface area contributed by atoms with E-state index in [0.717, 1.165) is 10.9 Å². The number of nitrogens with zero attached hydrogens (tertiary/aromatic N) is 1. The second kappa shape index (κ2) is 5.79. The van der Waals surface area contributed by atoms with Crippen LogP contribution in [0.2, 0.25) is 0 Å². The molecule has 0 unspecified atom stereocenters. The Hall–Kier alpha value is -1.95. The summed E-state index contributed by atoms with van der Waals surface area (Å²) in [5.41, 5.74) is 1.51. The summed E-state index contributed by atoms with van der Waals surface area (Å²) in [6, 6.07) is 5.76. The van der Waals surface area contributed by atoms with Crippen molar-refractivity contribution in [2.24, 2.45) is 0 Å². The first kappa shape index (κ1) is 13.5. The van der Waals surface area contributed by atoms with Crippen LogP contribution in [-0.4, -0.2) is 28.9 Å². The molecular formula is C13H14F2N2O2. The molecule has 1 atom stereocenters. The van der Waals surface area contributed by atoms with E-state index < -0.39 is 17.4 Å². The normalized spacial score (nSPS) is 12.8. The van der Waals surface area contributed by atoms with Gasteiger partial charge in [0.25, 0.3) is 0 Å². The first-order chi connectivity index (χ1) is 9.13. The lowest BCUT2D eigenvalue weighted by molar-refractivity contribution is -0.204. The van der Waals surface area contributed by atoms with Crippen molar-refractivity contribution >= 4 is 16.9 Å². The fourth-order valence-electron chi connectivity index (χ4n) is 1.98. The highest BCUT2D eigenvalue weighted by atomic mass is 19.4. The molecule has 0 saturated carbocycles. The molecule has 0 aliphatic rings. The Morgan fingerprint density at radius 2 is 2.16 bits per heavy atom. The molecule has 0 amide bonds. The van der Waals surface area contributed by atoms with E-state index in [-0.39, 0.29) is 13.0 Å². The molecule has 102 valence electrons. The Labute approximate surface area is 108 Å².